The Labute approximate surface area is 183 Å². The van der Waals surface area contributed by atoms with Crippen molar-refractivity contribution in [3.63, 3.8) is 0 Å². The Kier molecular flexibility index (Phi) is 5.19. The average molecular weight is 439 g/mol. The Morgan fingerprint density at radius 3 is 3.00 bits per heavy atom. The smallest absolute Gasteiger partial charge is 0.225 e. The van der Waals surface area contributed by atoms with Gasteiger partial charge in [-0.15, -0.1) is 0 Å². The fourth-order valence-corrected chi connectivity index (χ4v) is 4.35. The van der Waals surface area contributed by atoms with Crippen molar-refractivity contribution in [2.45, 2.75) is 19.4 Å². The summed E-state index contributed by atoms with van der Waals surface area (Å²) < 4.78 is 19.3. The van der Waals surface area contributed by atoms with E-state index in [0.717, 1.165) is 35.9 Å². The highest BCUT2D eigenvalue weighted by atomic mass is 35.5. The van der Waals surface area contributed by atoms with Gasteiger partial charge in [0.25, 0.3) is 0 Å². The van der Waals surface area contributed by atoms with Gasteiger partial charge >= 0.3 is 0 Å². The predicted octanol–water partition coefficient (Wildman–Crippen LogP) is 4.70. The van der Waals surface area contributed by atoms with Crippen LogP contribution in [0.5, 0.6) is 0 Å². The first-order valence-electron chi connectivity index (χ1n) is 10.2. The molecule has 0 unspecified atom stereocenters. The van der Waals surface area contributed by atoms with Crippen LogP contribution in [0.15, 0.2) is 53.2 Å². The molecule has 0 saturated carbocycles. The number of aromatic nitrogens is 2. The van der Waals surface area contributed by atoms with E-state index in [9.17, 15) is 9.18 Å². The zero-order valence-electron chi connectivity index (χ0n) is 16.6. The van der Waals surface area contributed by atoms with Crippen molar-refractivity contribution in [2.75, 3.05) is 18.0 Å². The number of para-hydroxylation sites is 1. The molecule has 1 atom stereocenters. The molecule has 6 nitrogen and oxygen atoms in total. The Morgan fingerprint density at radius 1 is 1.26 bits per heavy atom. The van der Waals surface area contributed by atoms with Crippen molar-refractivity contribution in [1.82, 2.24) is 15.3 Å². The third-order valence-electron chi connectivity index (χ3n) is 5.70. The number of rotatable bonds is 4. The summed E-state index contributed by atoms with van der Waals surface area (Å²) in [6, 6.07) is 11.9. The van der Waals surface area contributed by atoms with E-state index in [-0.39, 0.29) is 18.4 Å². The molecule has 0 aliphatic carbocycles. The lowest BCUT2D eigenvalue weighted by atomic mass is 9.97. The highest BCUT2D eigenvalue weighted by molar-refractivity contribution is 6.31. The number of amides is 1. The first-order valence-corrected chi connectivity index (χ1v) is 10.6. The highest BCUT2D eigenvalue weighted by Gasteiger charge is 2.28. The van der Waals surface area contributed by atoms with Crippen LogP contribution in [-0.2, 0) is 11.3 Å². The Balaban J connectivity index is 1.34. The number of hydrogen-bond donors (Lipinski definition) is 1. The standard InChI is InChI=1S/C23H20ClFN4O2/c24-18-10-16(25)8-7-14(18)11-26-23(30)15-4-3-9-29(12-15)22-21-20(27-13-28-22)17-5-1-2-6-19(17)31-21/h1-2,5-8,10,13,15H,3-4,9,11-12H2,(H,26,30)/t15-/m1/s1. The van der Waals surface area contributed by atoms with Gasteiger partial charge in [0.05, 0.1) is 5.92 Å². The minimum Gasteiger partial charge on any atom is -0.450 e. The number of hydrogen-bond acceptors (Lipinski definition) is 5. The maximum absolute atomic E-state index is 13.2. The summed E-state index contributed by atoms with van der Waals surface area (Å²) in [4.78, 5) is 23.8. The molecule has 1 N–H and O–H groups in total. The van der Waals surface area contributed by atoms with Crippen molar-refractivity contribution >= 4 is 45.4 Å². The van der Waals surface area contributed by atoms with Crippen LogP contribution in [0.1, 0.15) is 18.4 Å². The van der Waals surface area contributed by atoms with Gasteiger partial charge in [0.2, 0.25) is 5.91 Å². The number of fused-ring (bicyclic) bond motifs is 3. The number of benzene rings is 2. The van der Waals surface area contributed by atoms with Crippen LogP contribution in [0.3, 0.4) is 0 Å². The van der Waals surface area contributed by atoms with E-state index in [2.05, 4.69) is 20.2 Å². The number of furan rings is 1. The van der Waals surface area contributed by atoms with Gasteiger partial charge in [0.1, 0.15) is 23.2 Å². The molecule has 3 heterocycles. The minimum atomic E-state index is -0.398. The van der Waals surface area contributed by atoms with E-state index >= 15 is 0 Å². The summed E-state index contributed by atoms with van der Waals surface area (Å²) >= 11 is 6.07. The Bertz CT molecular complexity index is 1280. The summed E-state index contributed by atoms with van der Waals surface area (Å²) in [5, 5.41) is 4.18. The zero-order valence-corrected chi connectivity index (χ0v) is 17.4. The third kappa shape index (κ3) is 3.81. The van der Waals surface area contributed by atoms with Gasteiger partial charge in [0, 0.05) is 30.0 Å². The van der Waals surface area contributed by atoms with Crippen LogP contribution in [0.25, 0.3) is 22.1 Å². The van der Waals surface area contributed by atoms with Crippen molar-refractivity contribution in [3.05, 3.63) is 65.2 Å². The maximum Gasteiger partial charge on any atom is 0.225 e. The normalized spacial score (nSPS) is 16.7. The van der Waals surface area contributed by atoms with Crippen LogP contribution in [0, 0.1) is 11.7 Å². The maximum atomic E-state index is 13.2. The quantitative estimate of drug-likeness (QED) is 0.500. The number of halogens is 2. The Morgan fingerprint density at radius 2 is 2.13 bits per heavy atom. The summed E-state index contributed by atoms with van der Waals surface area (Å²) in [6.45, 7) is 1.58. The summed E-state index contributed by atoms with van der Waals surface area (Å²) in [5.74, 6) is 0.0624. The molecule has 1 fully saturated rings. The number of carbonyl (C=O) groups excluding carboxylic acids is 1. The van der Waals surface area contributed by atoms with Crippen LogP contribution in [0.4, 0.5) is 10.2 Å². The number of carbonyl (C=O) groups is 1. The molecule has 1 aliphatic heterocycles. The van der Waals surface area contributed by atoms with E-state index in [1.165, 1.54) is 12.1 Å². The lowest BCUT2D eigenvalue weighted by Crippen LogP contribution is -2.43. The van der Waals surface area contributed by atoms with E-state index in [0.29, 0.717) is 28.5 Å². The molecule has 2 aromatic heterocycles. The topological polar surface area (TPSA) is 71.3 Å². The molecular weight excluding hydrogens is 419 g/mol. The number of anilines is 1. The lowest BCUT2D eigenvalue weighted by Gasteiger charge is -2.32. The van der Waals surface area contributed by atoms with Crippen molar-refractivity contribution in [2.24, 2.45) is 5.92 Å². The molecule has 0 radical (unpaired) electrons. The first kappa shape index (κ1) is 19.8. The van der Waals surface area contributed by atoms with Gasteiger partial charge in [-0.1, -0.05) is 29.8 Å². The summed E-state index contributed by atoms with van der Waals surface area (Å²) in [5.41, 5.74) is 2.87. The van der Waals surface area contributed by atoms with Gasteiger partial charge < -0.3 is 14.6 Å². The molecule has 31 heavy (non-hydrogen) atoms. The predicted molar refractivity (Wildman–Crippen MR) is 118 cm³/mol. The molecule has 1 amide bonds. The third-order valence-corrected chi connectivity index (χ3v) is 6.05. The molecule has 4 aromatic rings. The number of nitrogens with zero attached hydrogens (tertiary/aromatic N) is 3. The number of nitrogens with one attached hydrogen (secondary N) is 1. The fraction of sp³-hybridized carbons (Fsp3) is 0.261. The molecule has 2 aromatic carbocycles. The van der Waals surface area contributed by atoms with Crippen molar-refractivity contribution in [3.8, 4) is 0 Å². The van der Waals surface area contributed by atoms with Crippen molar-refractivity contribution < 1.29 is 13.6 Å². The lowest BCUT2D eigenvalue weighted by molar-refractivity contribution is -0.125. The molecule has 1 aliphatic rings. The summed E-state index contributed by atoms with van der Waals surface area (Å²) in [6.07, 6.45) is 3.19. The second kappa shape index (κ2) is 8.15. The first-order chi connectivity index (χ1) is 15.1. The van der Waals surface area contributed by atoms with Crippen LogP contribution < -0.4 is 10.2 Å². The monoisotopic (exact) mass is 438 g/mol. The van der Waals surface area contributed by atoms with Crippen LogP contribution in [-0.4, -0.2) is 29.0 Å². The van der Waals surface area contributed by atoms with Crippen molar-refractivity contribution in [1.29, 1.82) is 0 Å². The summed E-state index contributed by atoms with van der Waals surface area (Å²) in [7, 11) is 0. The van der Waals surface area contributed by atoms with Gasteiger partial charge in [-0.25, -0.2) is 14.4 Å². The molecule has 0 bridgehead atoms. The van der Waals surface area contributed by atoms with Crippen LogP contribution >= 0.6 is 11.6 Å². The Hall–Kier alpha value is -3.19. The second-order valence-corrected chi connectivity index (χ2v) is 8.12. The van der Waals surface area contributed by atoms with E-state index < -0.39 is 5.82 Å². The number of piperidine rings is 1. The fourth-order valence-electron chi connectivity index (χ4n) is 4.11. The van der Waals surface area contributed by atoms with E-state index in [4.69, 9.17) is 16.0 Å². The zero-order chi connectivity index (χ0) is 21.4. The molecule has 158 valence electrons. The molecule has 1 saturated heterocycles. The van der Waals surface area contributed by atoms with Gasteiger partial charge in [-0.3, -0.25) is 4.79 Å². The SMILES string of the molecule is O=C(NCc1ccc(F)cc1Cl)[C@@H]1CCCN(c2ncnc3c2oc2ccccc23)C1. The minimum absolute atomic E-state index is 0.0556. The molecule has 0 spiro atoms. The molecule has 8 heteroatoms. The van der Waals surface area contributed by atoms with E-state index in [1.54, 1.807) is 12.4 Å². The average Bonchev–Trinajstić information content (AvgIpc) is 3.17. The van der Waals surface area contributed by atoms with E-state index in [1.807, 2.05) is 24.3 Å². The highest BCUT2D eigenvalue weighted by Crippen LogP contribution is 2.33. The van der Waals surface area contributed by atoms with Gasteiger partial charge in [0.15, 0.2) is 11.4 Å². The molecule has 5 rings (SSSR count). The van der Waals surface area contributed by atoms with Gasteiger partial charge in [-0.05, 0) is 42.7 Å². The van der Waals surface area contributed by atoms with Crippen LogP contribution in [0.2, 0.25) is 5.02 Å². The second-order valence-electron chi connectivity index (χ2n) is 7.71. The largest absolute Gasteiger partial charge is 0.450 e. The molecular formula is C23H20ClFN4O2. The van der Waals surface area contributed by atoms with Gasteiger partial charge in [-0.2, -0.15) is 0 Å².